The van der Waals surface area contributed by atoms with E-state index in [1.165, 1.54) is 0 Å². The summed E-state index contributed by atoms with van der Waals surface area (Å²) in [5.41, 5.74) is 1.01. The molecule has 0 bridgehead atoms. The number of nitrogens with one attached hydrogen (secondary N) is 1. The Kier molecular flexibility index (Phi) is 22.5. The third-order valence-electron chi connectivity index (χ3n) is 5.45. The van der Waals surface area contributed by atoms with Crippen molar-refractivity contribution < 1.29 is 41.1 Å². The molecule has 0 atom stereocenters. The summed E-state index contributed by atoms with van der Waals surface area (Å²) in [4.78, 5) is 12.2. The van der Waals surface area contributed by atoms with Crippen LogP contribution < -0.4 is 5.32 Å². The summed E-state index contributed by atoms with van der Waals surface area (Å²) in [6, 6.07) is 6.73. The second kappa shape index (κ2) is 24.5. The lowest BCUT2D eigenvalue weighted by molar-refractivity contribution is -0.121. The van der Waals surface area contributed by atoms with Gasteiger partial charge in [0, 0.05) is 20.1 Å². The lowest BCUT2D eigenvalue weighted by atomic mass is 10.1. The van der Waals surface area contributed by atoms with Crippen molar-refractivity contribution in [2.45, 2.75) is 56.8 Å². The molecule has 0 spiro atoms. The average Bonchev–Trinajstić information content (AvgIpc) is 2.92. The lowest BCUT2D eigenvalue weighted by Crippen LogP contribution is -2.27. The van der Waals surface area contributed by atoms with Crippen molar-refractivity contribution in [2.24, 2.45) is 0 Å². The normalized spacial score (nSPS) is 11.6. The Hall–Kier alpha value is -1.25. The molecular formula is C27H47NO9S2. The van der Waals surface area contributed by atoms with Gasteiger partial charge in [0.1, 0.15) is 11.1 Å². The van der Waals surface area contributed by atoms with E-state index in [2.05, 4.69) is 5.32 Å². The van der Waals surface area contributed by atoms with Crippen LogP contribution >= 0.6 is 11.1 Å². The maximum atomic E-state index is 12.2. The number of rotatable bonds is 27. The highest BCUT2D eigenvalue weighted by Crippen LogP contribution is 2.24. The molecule has 226 valence electrons. The molecule has 0 radical (unpaired) electrons. The van der Waals surface area contributed by atoms with Crippen LogP contribution in [0.25, 0.3) is 0 Å². The quantitative estimate of drug-likeness (QED) is 0.0914. The van der Waals surface area contributed by atoms with Gasteiger partial charge in [-0.1, -0.05) is 43.4 Å². The van der Waals surface area contributed by atoms with E-state index in [4.69, 9.17) is 27.9 Å². The summed E-state index contributed by atoms with van der Waals surface area (Å²) in [7, 11) is -1.84. The van der Waals surface area contributed by atoms with Gasteiger partial charge < -0.3 is 33.2 Å². The molecule has 0 aliphatic carbocycles. The van der Waals surface area contributed by atoms with Crippen LogP contribution in [-0.4, -0.2) is 94.0 Å². The summed E-state index contributed by atoms with van der Waals surface area (Å²) >= 11 is 0.533. The van der Waals surface area contributed by atoms with Crippen LogP contribution in [0.3, 0.4) is 0 Å². The Morgan fingerprint density at radius 1 is 0.718 bits per heavy atom. The number of hydrogen-bond acceptors (Lipinski definition) is 10. The Morgan fingerprint density at radius 3 is 1.82 bits per heavy atom. The van der Waals surface area contributed by atoms with Crippen molar-refractivity contribution in [1.29, 1.82) is 0 Å². The molecule has 1 aromatic carbocycles. The van der Waals surface area contributed by atoms with Crippen LogP contribution in [0.4, 0.5) is 0 Å². The molecule has 0 aliphatic rings. The zero-order chi connectivity index (χ0) is 28.4. The number of ether oxygens (including phenoxy) is 5. The molecule has 1 N–H and O–H groups in total. The van der Waals surface area contributed by atoms with Gasteiger partial charge in [0.25, 0.3) is 8.87 Å². The smallest absolute Gasteiger partial charge is 0.255 e. The summed E-state index contributed by atoms with van der Waals surface area (Å²) in [6.45, 7) is 7.46. The number of methoxy groups -OCH3 is 1. The lowest BCUT2D eigenvalue weighted by Gasteiger charge is -2.08. The fourth-order valence-electron chi connectivity index (χ4n) is 3.25. The van der Waals surface area contributed by atoms with Crippen LogP contribution in [0.15, 0.2) is 29.2 Å². The number of carbonyl (C=O) groups excluding carboxylic acids is 1. The first kappa shape index (κ1) is 35.8. The van der Waals surface area contributed by atoms with E-state index in [0.717, 1.165) is 44.1 Å². The largest absolute Gasteiger partial charge is 0.382 e. The molecule has 0 saturated carbocycles. The summed E-state index contributed by atoms with van der Waals surface area (Å²) in [6.07, 6.45) is 6.20. The predicted octanol–water partition coefficient (Wildman–Crippen LogP) is 3.91. The molecule has 0 unspecified atom stereocenters. The van der Waals surface area contributed by atoms with Gasteiger partial charge in [-0.05, 0) is 31.9 Å². The molecule has 39 heavy (non-hydrogen) atoms. The van der Waals surface area contributed by atoms with Crippen molar-refractivity contribution in [2.75, 3.05) is 79.7 Å². The third kappa shape index (κ3) is 21.2. The molecule has 12 heteroatoms. The maximum Gasteiger partial charge on any atom is 0.255 e. The van der Waals surface area contributed by atoms with E-state index in [1.807, 2.05) is 6.92 Å². The highest BCUT2D eigenvalue weighted by atomic mass is 33.1. The van der Waals surface area contributed by atoms with Crippen molar-refractivity contribution in [3.8, 4) is 0 Å². The fourth-order valence-corrected chi connectivity index (χ4v) is 5.26. The minimum absolute atomic E-state index is 0.0402. The van der Waals surface area contributed by atoms with E-state index in [1.54, 1.807) is 31.4 Å². The molecule has 0 aliphatic heterocycles. The van der Waals surface area contributed by atoms with Crippen LogP contribution in [0.1, 0.15) is 50.5 Å². The number of unbranched alkanes of at least 4 members (excludes halogenated alkanes) is 5. The van der Waals surface area contributed by atoms with Gasteiger partial charge in [0.2, 0.25) is 5.91 Å². The molecule has 10 nitrogen and oxygen atoms in total. The van der Waals surface area contributed by atoms with Gasteiger partial charge in [-0.25, -0.2) is 8.42 Å². The van der Waals surface area contributed by atoms with Crippen LogP contribution in [0.5, 0.6) is 0 Å². The van der Waals surface area contributed by atoms with Gasteiger partial charge in [-0.15, -0.1) is 0 Å². The number of carbonyl (C=O) groups is 1. The monoisotopic (exact) mass is 593 g/mol. The van der Waals surface area contributed by atoms with Crippen LogP contribution in [-0.2, 0) is 41.5 Å². The molecule has 0 fully saturated rings. The number of benzene rings is 1. The van der Waals surface area contributed by atoms with Gasteiger partial charge >= 0.3 is 0 Å². The Bertz CT molecular complexity index is 823. The van der Waals surface area contributed by atoms with Crippen LogP contribution in [0.2, 0.25) is 0 Å². The van der Waals surface area contributed by atoms with Gasteiger partial charge in [-0.2, -0.15) is 0 Å². The van der Waals surface area contributed by atoms with Crippen molar-refractivity contribution in [1.82, 2.24) is 5.32 Å². The van der Waals surface area contributed by atoms with Crippen molar-refractivity contribution in [3.05, 3.63) is 29.8 Å². The molecule has 1 rings (SSSR count). The highest BCUT2D eigenvalue weighted by Gasteiger charge is 2.16. The van der Waals surface area contributed by atoms with E-state index >= 15 is 0 Å². The summed E-state index contributed by atoms with van der Waals surface area (Å²) in [5.74, 6) is 0.0402. The molecular weight excluding hydrogens is 546 g/mol. The first-order chi connectivity index (χ1) is 19.0. The second-order valence-electron chi connectivity index (χ2n) is 8.82. The first-order valence-electron chi connectivity index (χ1n) is 13.6. The Labute approximate surface area is 238 Å². The van der Waals surface area contributed by atoms with Gasteiger partial charge in [-0.3, -0.25) is 4.79 Å². The molecule has 1 aromatic rings. The first-order valence-corrected chi connectivity index (χ1v) is 16.4. The van der Waals surface area contributed by atoms with Crippen molar-refractivity contribution in [3.63, 3.8) is 0 Å². The second-order valence-corrected chi connectivity index (χ2v) is 12.3. The molecule has 1 amide bonds. The molecule has 0 saturated heterocycles. The van der Waals surface area contributed by atoms with Crippen molar-refractivity contribution >= 4 is 25.9 Å². The zero-order valence-corrected chi connectivity index (χ0v) is 25.2. The number of aryl methyl sites for hydroxylation is 1. The van der Waals surface area contributed by atoms with E-state index in [9.17, 15) is 13.2 Å². The number of hydrogen-bond donors (Lipinski definition) is 1. The fraction of sp³-hybridized carbons (Fsp3) is 0.741. The van der Waals surface area contributed by atoms with E-state index in [-0.39, 0.29) is 10.8 Å². The zero-order valence-electron chi connectivity index (χ0n) is 23.5. The third-order valence-corrected chi connectivity index (χ3v) is 8.14. The molecule has 0 heterocycles. The van der Waals surface area contributed by atoms with Crippen LogP contribution in [0, 0.1) is 6.92 Å². The highest BCUT2D eigenvalue weighted by molar-refractivity contribution is 8.70. The predicted molar refractivity (Wildman–Crippen MR) is 152 cm³/mol. The topological polar surface area (TPSA) is 119 Å². The van der Waals surface area contributed by atoms with E-state index < -0.39 is 8.87 Å². The number of amides is 1. The van der Waals surface area contributed by atoms with Gasteiger partial charge in [0.05, 0.1) is 71.0 Å². The van der Waals surface area contributed by atoms with E-state index in [0.29, 0.717) is 90.1 Å². The minimum Gasteiger partial charge on any atom is -0.382 e. The van der Waals surface area contributed by atoms with Gasteiger partial charge in [0.15, 0.2) is 0 Å². The summed E-state index contributed by atoms with van der Waals surface area (Å²) < 4.78 is 56.1. The Balaban J connectivity index is 1.80. The SMILES string of the molecule is COCCOCCOCCOCCOCCNC(=O)CCCCCCCCOSS(=O)(=O)c1ccc(C)cc1. The molecule has 0 aromatic heterocycles. The Morgan fingerprint density at radius 2 is 1.23 bits per heavy atom. The standard InChI is InChI=1S/C27H47NO9S2/c1-25-10-12-26(13-11-25)39(30,31)38-37-15-8-6-4-3-5-7-9-27(29)28-14-16-33-19-20-35-23-24-36-22-21-34-18-17-32-2/h10-13H,3-9,14-24H2,1-2H3,(H,28,29). The average molecular weight is 594 g/mol. The minimum atomic E-state index is -3.48. The maximum absolute atomic E-state index is 12.2. The summed E-state index contributed by atoms with van der Waals surface area (Å²) in [5, 5.41) is 2.87.